The fourth-order valence-corrected chi connectivity index (χ4v) is 1.67. The molecule has 1 heterocycles. The molecule has 0 fully saturated rings. The standard InChI is InChI=1S/C14H18N4O2/c1-17(9-10-20-12-5-3-2-4-6-12)14(19)11-18-8-7-13(15)16-18/h2-8H,9-11H2,1H3,(H2,15,16). The van der Waals surface area contributed by atoms with Crippen LogP contribution in [-0.2, 0) is 11.3 Å². The second-order valence-electron chi connectivity index (χ2n) is 4.41. The monoisotopic (exact) mass is 274 g/mol. The molecule has 1 amide bonds. The second kappa shape index (κ2) is 6.60. The van der Waals surface area contributed by atoms with E-state index in [2.05, 4.69) is 5.10 Å². The smallest absolute Gasteiger partial charge is 0.244 e. The number of amides is 1. The van der Waals surface area contributed by atoms with Gasteiger partial charge in [0.25, 0.3) is 0 Å². The number of nitrogens with zero attached hydrogens (tertiary/aromatic N) is 3. The maximum atomic E-state index is 11.9. The minimum absolute atomic E-state index is 0.0373. The van der Waals surface area contributed by atoms with Crippen molar-refractivity contribution in [1.82, 2.24) is 14.7 Å². The van der Waals surface area contributed by atoms with Gasteiger partial charge in [0.05, 0.1) is 6.54 Å². The molecule has 1 aromatic heterocycles. The quantitative estimate of drug-likeness (QED) is 0.853. The Morgan fingerprint density at radius 2 is 2.10 bits per heavy atom. The Bertz CT molecular complexity index is 553. The van der Waals surface area contributed by atoms with Crippen molar-refractivity contribution in [2.24, 2.45) is 0 Å². The minimum Gasteiger partial charge on any atom is -0.492 e. The molecule has 6 nitrogen and oxygen atoms in total. The summed E-state index contributed by atoms with van der Waals surface area (Å²) in [6.45, 7) is 1.15. The summed E-state index contributed by atoms with van der Waals surface area (Å²) in [5, 5.41) is 3.98. The average molecular weight is 274 g/mol. The van der Waals surface area contributed by atoms with Gasteiger partial charge in [0.15, 0.2) is 0 Å². The molecule has 6 heteroatoms. The molecule has 0 aliphatic carbocycles. The Kier molecular flexibility index (Phi) is 4.60. The van der Waals surface area contributed by atoms with Gasteiger partial charge in [-0.2, -0.15) is 5.10 Å². The Balaban J connectivity index is 1.74. The van der Waals surface area contributed by atoms with E-state index in [1.54, 1.807) is 24.2 Å². The summed E-state index contributed by atoms with van der Waals surface area (Å²) in [4.78, 5) is 13.5. The van der Waals surface area contributed by atoms with Gasteiger partial charge < -0.3 is 15.4 Å². The molecule has 0 aliphatic heterocycles. The molecule has 20 heavy (non-hydrogen) atoms. The second-order valence-corrected chi connectivity index (χ2v) is 4.41. The highest BCUT2D eigenvalue weighted by molar-refractivity contribution is 5.75. The van der Waals surface area contributed by atoms with Gasteiger partial charge in [0, 0.05) is 13.2 Å². The van der Waals surface area contributed by atoms with Crippen LogP contribution in [0.3, 0.4) is 0 Å². The Hall–Kier alpha value is -2.50. The van der Waals surface area contributed by atoms with Gasteiger partial charge in [0.2, 0.25) is 5.91 Å². The summed E-state index contributed by atoms with van der Waals surface area (Å²) in [5.41, 5.74) is 5.50. The van der Waals surface area contributed by atoms with Crippen molar-refractivity contribution in [2.75, 3.05) is 25.9 Å². The summed E-state index contributed by atoms with van der Waals surface area (Å²) in [7, 11) is 1.74. The van der Waals surface area contributed by atoms with Gasteiger partial charge in [-0.3, -0.25) is 9.48 Å². The van der Waals surface area contributed by atoms with Crippen molar-refractivity contribution in [2.45, 2.75) is 6.54 Å². The summed E-state index contributed by atoms with van der Waals surface area (Å²) in [6, 6.07) is 11.2. The van der Waals surface area contributed by atoms with E-state index in [9.17, 15) is 4.79 Å². The first-order chi connectivity index (χ1) is 9.65. The van der Waals surface area contributed by atoms with E-state index in [1.807, 2.05) is 30.3 Å². The van der Waals surface area contributed by atoms with Crippen molar-refractivity contribution >= 4 is 11.7 Å². The van der Waals surface area contributed by atoms with Crippen LogP contribution in [0.2, 0.25) is 0 Å². The highest BCUT2D eigenvalue weighted by atomic mass is 16.5. The van der Waals surface area contributed by atoms with Crippen molar-refractivity contribution < 1.29 is 9.53 Å². The van der Waals surface area contributed by atoms with Crippen molar-refractivity contribution in [3.8, 4) is 5.75 Å². The van der Waals surface area contributed by atoms with Crippen molar-refractivity contribution in [3.63, 3.8) is 0 Å². The lowest BCUT2D eigenvalue weighted by Crippen LogP contribution is -2.33. The number of carbonyl (C=O) groups is 1. The van der Waals surface area contributed by atoms with Gasteiger partial charge >= 0.3 is 0 Å². The number of hydrogen-bond donors (Lipinski definition) is 1. The molecule has 1 aromatic carbocycles. The van der Waals surface area contributed by atoms with E-state index >= 15 is 0 Å². The molecule has 2 rings (SSSR count). The number of anilines is 1. The first-order valence-corrected chi connectivity index (χ1v) is 6.36. The Morgan fingerprint density at radius 1 is 1.35 bits per heavy atom. The number of rotatable bonds is 6. The maximum absolute atomic E-state index is 11.9. The van der Waals surface area contributed by atoms with E-state index in [1.165, 1.54) is 4.68 Å². The van der Waals surface area contributed by atoms with Gasteiger partial charge in [-0.1, -0.05) is 18.2 Å². The first-order valence-electron chi connectivity index (χ1n) is 6.36. The number of hydrogen-bond acceptors (Lipinski definition) is 4. The zero-order valence-electron chi connectivity index (χ0n) is 11.4. The molecule has 2 N–H and O–H groups in total. The van der Waals surface area contributed by atoms with E-state index in [0.717, 1.165) is 5.75 Å². The van der Waals surface area contributed by atoms with Gasteiger partial charge in [-0.15, -0.1) is 0 Å². The third-order valence-electron chi connectivity index (χ3n) is 2.82. The third-order valence-corrected chi connectivity index (χ3v) is 2.82. The number of carbonyl (C=O) groups excluding carboxylic acids is 1. The van der Waals surface area contributed by atoms with Crippen molar-refractivity contribution in [1.29, 1.82) is 0 Å². The summed E-state index contributed by atoms with van der Waals surface area (Å²) in [5.74, 6) is 1.17. The van der Waals surface area contributed by atoms with E-state index in [4.69, 9.17) is 10.5 Å². The number of nitrogens with two attached hydrogens (primary N) is 1. The van der Waals surface area contributed by atoms with Crippen LogP contribution in [0.15, 0.2) is 42.6 Å². The molecule has 0 saturated carbocycles. The number of aromatic nitrogens is 2. The molecule has 0 unspecified atom stereocenters. The van der Waals surface area contributed by atoms with Gasteiger partial charge in [0.1, 0.15) is 24.7 Å². The molecule has 0 radical (unpaired) electrons. The van der Waals surface area contributed by atoms with E-state index in [0.29, 0.717) is 19.0 Å². The van der Waals surface area contributed by atoms with Crippen LogP contribution in [0.25, 0.3) is 0 Å². The number of para-hydroxylation sites is 1. The lowest BCUT2D eigenvalue weighted by atomic mass is 10.3. The van der Waals surface area contributed by atoms with Crippen LogP contribution in [0, 0.1) is 0 Å². The van der Waals surface area contributed by atoms with Crippen LogP contribution < -0.4 is 10.5 Å². The Labute approximate surface area is 117 Å². The minimum atomic E-state index is -0.0373. The highest BCUT2D eigenvalue weighted by Gasteiger charge is 2.10. The zero-order valence-corrected chi connectivity index (χ0v) is 11.4. The average Bonchev–Trinajstić information content (AvgIpc) is 2.85. The largest absolute Gasteiger partial charge is 0.492 e. The number of nitrogen functional groups attached to an aromatic ring is 1. The molecule has 0 spiro atoms. The molecule has 0 bridgehead atoms. The molecule has 0 atom stereocenters. The molecule has 2 aromatic rings. The molecule has 0 aliphatic rings. The summed E-state index contributed by atoms with van der Waals surface area (Å²) < 4.78 is 7.06. The van der Waals surface area contributed by atoms with E-state index in [-0.39, 0.29) is 12.5 Å². The summed E-state index contributed by atoms with van der Waals surface area (Å²) >= 11 is 0. The zero-order chi connectivity index (χ0) is 14.4. The lowest BCUT2D eigenvalue weighted by Gasteiger charge is -2.17. The number of ether oxygens (including phenoxy) is 1. The molecule has 0 saturated heterocycles. The van der Waals surface area contributed by atoms with Gasteiger partial charge in [-0.05, 0) is 18.2 Å². The predicted molar refractivity (Wildman–Crippen MR) is 76.2 cm³/mol. The fourth-order valence-electron chi connectivity index (χ4n) is 1.67. The highest BCUT2D eigenvalue weighted by Crippen LogP contribution is 2.07. The van der Waals surface area contributed by atoms with Crippen LogP contribution in [-0.4, -0.2) is 40.8 Å². The molecule has 106 valence electrons. The fraction of sp³-hybridized carbons (Fsp3) is 0.286. The lowest BCUT2D eigenvalue weighted by molar-refractivity contribution is -0.131. The normalized spacial score (nSPS) is 10.2. The number of benzene rings is 1. The van der Waals surface area contributed by atoms with Crippen LogP contribution in [0.4, 0.5) is 5.82 Å². The first kappa shape index (κ1) is 13.9. The van der Waals surface area contributed by atoms with E-state index < -0.39 is 0 Å². The topological polar surface area (TPSA) is 73.4 Å². The van der Waals surface area contributed by atoms with Crippen LogP contribution >= 0.6 is 0 Å². The predicted octanol–water partition coefficient (Wildman–Crippen LogP) is 1.00. The molecular weight excluding hydrogens is 256 g/mol. The van der Waals surface area contributed by atoms with Crippen LogP contribution in [0.1, 0.15) is 0 Å². The SMILES string of the molecule is CN(CCOc1ccccc1)C(=O)Cn1ccc(N)n1. The summed E-state index contributed by atoms with van der Waals surface area (Å²) in [6.07, 6.45) is 1.68. The number of likely N-dealkylation sites (N-methyl/N-ethyl adjacent to an activating group) is 1. The van der Waals surface area contributed by atoms with Gasteiger partial charge in [-0.25, -0.2) is 0 Å². The van der Waals surface area contributed by atoms with Crippen LogP contribution in [0.5, 0.6) is 5.75 Å². The Morgan fingerprint density at radius 3 is 2.75 bits per heavy atom. The maximum Gasteiger partial charge on any atom is 0.244 e. The van der Waals surface area contributed by atoms with Crippen molar-refractivity contribution in [3.05, 3.63) is 42.6 Å². The third kappa shape index (κ3) is 4.01. The molecular formula is C14H18N4O2.